The monoisotopic (exact) mass is 375 g/mol. The maximum Gasteiger partial charge on any atom is 0.311 e. The number of aromatic hydroxyl groups is 1. The Morgan fingerprint density at radius 2 is 1.78 bits per heavy atom. The van der Waals surface area contributed by atoms with E-state index in [0.29, 0.717) is 22.8 Å². The summed E-state index contributed by atoms with van der Waals surface area (Å²) in [6.45, 7) is 0. The van der Waals surface area contributed by atoms with Crippen molar-refractivity contribution in [3.05, 3.63) is 51.6 Å². The van der Waals surface area contributed by atoms with E-state index in [0.717, 1.165) is 6.07 Å². The number of hydrogen-bond donors (Lipinski definition) is 2. The van der Waals surface area contributed by atoms with E-state index in [-0.39, 0.29) is 5.56 Å². The van der Waals surface area contributed by atoms with Crippen molar-refractivity contribution in [3.63, 3.8) is 0 Å². The number of hydrogen-bond acceptors (Lipinski definition) is 8. The predicted octanol–water partition coefficient (Wildman–Crippen LogP) is 2.09. The SMILES string of the molecule is COc1cc(C(=O)NN=Cc2ccc(O)c([N+](=O)[O-])c2)cc(OC)c1OC. The summed E-state index contributed by atoms with van der Waals surface area (Å²) in [7, 11) is 4.30. The first-order valence-corrected chi connectivity index (χ1v) is 7.52. The molecule has 2 aromatic rings. The Morgan fingerprint density at radius 1 is 1.15 bits per heavy atom. The van der Waals surface area contributed by atoms with Gasteiger partial charge in [0.2, 0.25) is 5.75 Å². The highest BCUT2D eigenvalue weighted by Crippen LogP contribution is 2.38. The Kier molecular flexibility index (Phi) is 6.15. The van der Waals surface area contributed by atoms with Crippen LogP contribution in [-0.2, 0) is 0 Å². The van der Waals surface area contributed by atoms with Crippen LogP contribution in [-0.4, -0.2) is 43.5 Å². The van der Waals surface area contributed by atoms with Crippen molar-refractivity contribution in [1.29, 1.82) is 0 Å². The van der Waals surface area contributed by atoms with Crippen molar-refractivity contribution in [2.75, 3.05) is 21.3 Å². The summed E-state index contributed by atoms with van der Waals surface area (Å²) in [6, 6.07) is 6.62. The fourth-order valence-electron chi connectivity index (χ4n) is 2.21. The summed E-state index contributed by atoms with van der Waals surface area (Å²) in [5, 5.41) is 24.0. The van der Waals surface area contributed by atoms with Crippen LogP contribution in [0.15, 0.2) is 35.4 Å². The Hall–Kier alpha value is -3.82. The second-order valence-corrected chi connectivity index (χ2v) is 5.12. The zero-order valence-electron chi connectivity index (χ0n) is 14.8. The summed E-state index contributed by atoms with van der Waals surface area (Å²) in [4.78, 5) is 22.4. The van der Waals surface area contributed by atoms with E-state index < -0.39 is 22.3 Å². The van der Waals surface area contributed by atoms with Gasteiger partial charge in [0.1, 0.15) is 0 Å². The second kappa shape index (κ2) is 8.52. The molecule has 0 aromatic heterocycles. The van der Waals surface area contributed by atoms with Crippen molar-refractivity contribution in [3.8, 4) is 23.0 Å². The lowest BCUT2D eigenvalue weighted by Crippen LogP contribution is -2.18. The van der Waals surface area contributed by atoms with Crippen LogP contribution in [0, 0.1) is 10.1 Å². The first kappa shape index (κ1) is 19.5. The number of carbonyl (C=O) groups excluding carboxylic acids is 1. The van der Waals surface area contributed by atoms with Crippen molar-refractivity contribution in [2.24, 2.45) is 5.10 Å². The molecule has 0 saturated heterocycles. The average molecular weight is 375 g/mol. The molecule has 0 saturated carbocycles. The quantitative estimate of drug-likeness (QED) is 0.430. The van der Waals surface area contributed by atoms with Gasteiger partial charge >= 0.3 is 5.69 Å². The molecule has 0 unspecified atom stereocenters. The molecule has 2 rings (SSSR count). The number of benzene rings is 2. The van der Waals surface area contributed by atoms with Crippen LogP contribution < -0.4 is 19.6 Å². The molecule has 0 heterocycles. The van der Waals surface area contributed by atoms with Gasteiger partial charge in [-0.15, -0.1) is 0 Å². The fraction of sp³-hybridized carbons (Fsp3) is 0.176. The average Bonchev–Trinajstić information content (AvgIpc) is 2.67. The van der Waals surface area contributed by atoms with Gasteiger partial charge in [-0.25, -0.2) is 5.43 Å². The summed E-state index contributed by atoms with van der Waals surface area (Å²) in [5.41, 5.74) is 2.36. The smallest absolute Gasteiger partial charge is 0.311 e. The number of nitrogens with zero attached hydrogens (tertiary/aromatic N) is 2. The minimum Gasteiger partial charge on any atom is -0.502 e. The lowest BCUT2D eigenvalue weighted by Gasteiger charge is -2.13. The lowest BCUT2D eigenvalue weighted by atomic mass is 10.1. The highest BCUT2D eigenvalue weighted by Gasteiger charge is 2.17. The van der Waals surface area contributed by atoms with Crippen molar-refractivity contribution in [2.45, 2.75) is 0 Å². The molecule has 0 bridgehead atoms. The maximum absolute atomic E-state index is 12.3. The number of phenols is 1. The van der Waals surface area contributed by atoms with Gasteiger partial charge in [0.05, 0.1) is 32.5 Å². The zero-order valence-corrected chi connectivity index (χ0v) is 14.8. The predicted molar refractivity (Wildman–Crippen MR) is 95.9 cm³/mol. The number of carbonyl (C=O) groups is 1. The van der Waals surface area contributed by atoms with Gasteiger partial charge in [0.15, 0.2) is 17.2 Å². The third kappa shape index (κ3) is 4.42. The molecule has 0 fully saturated rings. The van der Waals surface area contributed by atoms with Gasteiger partial charge in [-0.3, -0.25) is 14.9 Å². The fourth-order valence-corrected chi connectivity index (χ4v) is 2.21. The van der Waals surface area contributed by atoms with Crippen molar-refractivity contribution in [1.82, 2.24) is 5.43 Å². The topological polar surface area (TPSA) is 133 Å². The summed E-state index contributed by atoms with van der Waals surface area (Å²) in [6.07, 6.45) is 1.21. The van der Waals surface area contributed by atoms with Gasteiger partial charge in [-0.05, 0) is 24.3 Å². The van der Waals surface area contributed by atoms with E-state index in [1.807, 2.05) is 0 Å². The standard InChI is InChI=1S/C17H17N3O7/c1-25-14-7-11(8-15(26-2)16(14)27-3)17(22)19-18-9-10-4-5-13(21)12(6-10)20(23)24/h4-9,21H,1-3H3,(H,19,22). The molecule has 0 spiro atoms. The molecular formula is C17H17N3O7. The number of phenolic OH excluding ortho intramolecular Hbond substituents is 1. The molecule has 142 valence electrons. The number of methoxy groups -OCH3 is 3. The van der Waals surface area contributed by atoms with E-state index in [1.54, 1.807) is 0 Å². The molecule has 27 heavy (non-hydrogen) atoms. The minimum absolute atomic E-state index is 0.207. The molecule has 2 aromatic carbocycles. The summed E-state index contributed by atoms with van der Waals surface area (Å²) < 4.78 is 15.5. The number of nitro benzene ring substituents is 1. The molecule has 0 aliphatic rings. The molecule has 10 nitrogen and oxygen atoms in total. The first-order chi connectivity index (χ1) is 12.9. The second-order valence-electron chi connectivity index (χ2n) is 5.12. The van der Waals surface area contributed by atoms with E-state index in [9.17, 15) is 20.0 Å². The Labute approximate surface area is 154 Å². The van der Waals surface area contributed by atoms with Crippen LogP contribution in [0.3, 0.4) is 0 Å². The van der Waals surface area contributed by atoms with Crippen LogP contribution in [0.4, 0.5) is 5.69 Å². The third-order valence-corrected chi connectivity index (χ3v) is 3.50. The highest BCUT2D eigenvalue weighted by molar-refractivity contribution is 5.96. The van der Waals surface area contributed by atoms with Crippen molar-refractivity contribution < 1.29 is 29.0 Å². The van der Waals surface area contributed by atoms with Gasteiger partial charge in [-0.1, -0.05) is 0 Å². The largest absolute Gasteiger partial charge is 0.502 e. The van der Waals surface area contributed by atoms with Crippen LogP contribution in [0.1, 0.15) is 15.9 Å². The van der Waals surface area contributed by atoms with Crippen LogP contribution in [0.2, 0.25) is 0 Å². The molecular weight excluding hydrogens is 358 g/mol. The molecule has 0 atom stereocenters. The molecule has 0 aliphatic heterocycles. The Morgan fingerprint density at radius 3 is 2.30 bits per heavy atom. The number of ether oxygens (including phenoxy) is 3. The van der Waals surface area contributed by atoms with E-state index in [4.69, 9.17) is 14.2 Å². The zero-order chi connectivity index (χ0) is 20.0. The molecule has 2 N–H and O–H groups in total. The van der Waals surface area contributed by atoms with Crippen LogP contribution in [0.25, 0.3) is 0 Å². The van der Waals surface area contributed by atoms with Crippen molar-refractivity contribution >= 4 is 17.8 Å². The molecule has 10 heteroatoms. The number of nitro groups is 1. The van der Waals surface area contributed by atoms with Gasteiger partial charge < -0.3 is 19.3 Å². The highest BCUT2D eigenvalue weighted by atomic mass is 16.6. The number of amides is 1. The molecule has 0 aliphatic carbocycles. The minimum atomic E-state index is -0.721. The summed E-state index contributed by atoms with van der Waals surface area (Å²) >= 11 is 0. The first-order valence-electron chi connectivity index (χ1n) is 7.52. The number of hydrazone groups is 1. The van der Waals surface area contributed by atoms with E-state index >= 15 is 0 Å². The molecule has 1 amide bonds. The number of nitrogens with one attached hydrogen (secondary N) is 1. The van der Waals surface area contributed by atoms with Gasteiger partial charge in [0, 0.05) is 17.2 Å². The number of rotatable bonds is 7. The molecule has 0 radical (unpaired) electrons. The van der Waals surface area contributed by atoms with E-state index in [1.165, 1.54) is 51.8 Å². The lowest BCUT2D eigenvalue weighted by molar-refractivity contribution is -0.385. The summed E-state index contributed by atoms with van der Waals surface area (Å²) in [5.74, 6) is -0.0610. The normalized spacial score (nSPS) is 10.5. The van der Waals surface area contributed by atoms with E-state index in [2.05, 4.69) is 10.5 Å². The van der Waals surface area contributed by atoms with Gasteiger partial charge in [-0.2, -0.15) is 5.10 Å². The third-order valence-electron chi connectivity index (χ3n) is 3.50. The Balaban J connectivity index is 2.19. The Bertz CT molecular complexity index is 871. The maximum atomic E-state index is 12.3. The van der Waals surface area contributed by atoms with Crippen LogP contribution in [0.5, 0.6) is 23.0 Å². The van der Waals surface area contributed by atoms with Crippen LogP contribution >= 0.6 is 0 Å². The van der Waals surface area contributed by atoms with Gasteiger partial charge in [0.25, 0.3) is 5.91 Å².